The number of ether oxygens (including phenoxy) is 3. The van der Waals surface area contributed by atoms with Gasteiger partial charge in [-0.05, 0) is 53.1 Å². The fourth-order valence-corrected chi connectivity index (χ4v) is 6.68. The summed E-state index contributed by atoms with van der Waals surface area (Å²) >= 11 is 0. The van der Waals surface area contributed by atoms with Gasteiger partial charge in [-0.2, -0.15) is 0 Å². The Morgan fingerprint density at radius 3 is 1.91 bits per heavy atom. The summed E-state index contributed by atoms with van der Waals surface area (Å²) in [5.41, 5.74) is 0.425. The molecule has 0 spiro atoms. The average molecular weight is 511 g/mol. The first kappa shape index (κ1) is 32.4. The maximum absolute atomic E-state index is 11.0. The van der Waals surface area contributed by atoms with Crippen LogP contribution < -0.4 is 0 Å². The van der Waals surface area contributed by atoms with Crippen molar-refractivity contribution in [3.05, 3.63) is 12.2 Å². The van der Waals surface area contributed by atoms with Gasteiger partial charge in [0.05, 0.1) is 19.8 Å². The molecule has 0 aliphatic carbocycles. The second-order valence-corrected chi connectivity index (χ2v) is 14.0. The zero-order chi connectivity index (χ0) is 25.2. The summed E-state index contributed by atoms with van der Waals surface area (Å²) in [6.07, 6.45) is 1.99. The molecule has 0 aromatic heterocycles. The summed E-state index contributed by atoms with van der Waals surface area (Å²) < 4.78 is 43.5. The lowest BCUT2D eigenvalue weighted by molar-refractivity contribution is -0.138. The average Bonchev–Trinajstić information content (AvgIpc) is 3.61. The second-order valence-electron chi connectivity index (χ2n) is 7.68. The number of epoxide rings is 1. The molecule has 0 aromatic rings. The highest BCUT2D eigenvalue weighted by atomic mass is 28.4. The van der Waals surface area contributed by atoms with Gasteiger partial charge in [-0.25, -0.2) is 4.79 Å². The predicted octanol–water partition coefficient (Wildman–Crippen LogP) is 3.70. The van der Waals surface area contributed by atoms with Crippen LogP contribution in [0, 0.1) is 0 Å². The van der Waals surface area contributed by atoms with Crippen LogP contribution in [0.25, 0.3) is 0 Å². The smallest absolute Gasteiger partial charge is 0.462 e. The highest BCUT2D eigenvalue weighted by molar-refractivity contribution is 6.65. The molecule has 9 nitrogen and oxygen atoms in total. The summed E-state index contributed by atoms with van der Waals surface area (Å²) in [5.74, 6) is -0.340. The van der Waals surface area contributed by atoms with Gasteiger partial charge in [0, 0.05) is 52.3 Å². The van der Waals surface area contributed by atoms with Crippen LogP contribution in [-0.4, -0.2) is 89.9 Å². The molecule has 1 heterocycles. The minimum absolute atomic E-state index is 0.331. The standard InChI is InChI=1S/C12H26O5Si.C10H20O4Si/c1-4-15-18(16-5-2,17-6-3)9-7-8-13-10-12-11-14-12;1-9(2)10(11)14-7-6-8-15(5,12-3)13-4/h12H,4-11H2,1-3H3;1,6-8H2,2-5H3. The van der Waals surface area contributed by atoms with Gasteiger partial charge in [0.1, 0.15) is 6.10 Å². The molecule has 0 saturated carbocycles. The van der Waals surface area contributed by atoms with E-state index in [4.69, 9.17) is 36.3 Å². The lowest BCUT2D eigenvalue weighted by atomic mass is 10.4. The fourth-order valence-electron chi connectivity index (χ4n) is 2.74. The molecule has 196 valence electrons. The fraction of sp³-hybridized carbons (Fsp3) is 0.864. The molecule has 0 aromatic carbocycles. The number of carbonyl (C=O) groups excluding carboxylic acids is 1. The summed E-state index contributed by atoms with van der Waals surface area (Å²) in [6.45, 7) is 17.6. The van der Waals surface area contributed by atoms with E-state index in [0.29, 0.717) is 51.3 Å². The summed E-state index contributed by atoms with van der Waals surface area (Å²) in [4.78, 5) is 11.0. The number of esters is 1. The molecule has 0 radical (unpaired) electrons. The summed E-state index contributed by atoms with van der Waals surface area (Å²) in [6, 6.07) is 1.62. The van der Waals surface area contributed by atoms with E-state index in [1.165, 1.54) is 0 Å². The minimum Gasteiger partial charge on any atom is -0.462 e. The third-order valence-corrected chi connectivity index (χ3v) is 10.9. The first-order valence-corrected chi connectivity index (χ1v) is 16.2. The molecule has 33 heavy (non-hydrogen) atoms. The first-order chi connectivity index (χ1) is 15.7. The van der Waals surface area contributed by atoms with Crippen LogP contribution in [0.4, 0.5) is 0 Å². The van der Waals surface area contributed by atoms with E-state index in [1.54, 1.807) is 21.1 Å². The maximum Gasteiger partial charge on any atom is 0.501 e. The monoisotopic (exact) mass is 510 g/mol. The zero-order valence-corrected chi connectivity index (χ0v) is 23.7. The normalized spacial score (nSPS) is 15.5. The van der Waals surface area contributed by atoms with Crippen molar-refractivity contribution in [2.45, 2.75) is 65.3 Å². The molecule has 1 atom stereocenters. The van der Waals surface area contributed by atoms with Gasteiger partial charge in [-0.1, -0.05) is 6.58 Å². The number of rotatable bonds is 19. The molecule has 1 aliphatic rings. The highest BCUT2D eigenvalue weighted by Gasteiger charge is 2.39. The van der Waals surface area contributed by atoms with E-state index in [2.05, 4.69) is 6.58 Å². The third kappa shape index (κ3) is 15.8. The van der Waals surface area contributed by atoms with Crippen LogP contribution in [0.5, 0.6) is 0 Å². The van der Waals surface area contributed by atoms with Crippen LogP contribution in [-0.2, 0) is 41.1 Å². The van der Waals surface area contributed by atoms with Crippen LogP contribution in [0.15, 0.2) is 12.2 Å². The lowest BCUT2D eigenvalue weighted by Crippen LogP contribution is -2.46. The molecule has 0 amide bonds. The van der Waals surface area contributed by atoms with E-state index in [-0.39, 0.29) is 5.97 Å². The molecule has 1 unspecified atom stereocenters. The van der Waals surface area contributed by atoms with Crippen LogP contribution in [0.1, 0.15) is 40.5 Å². The largest absolute Gasteiger partial charge is 0.501 e. The van der Waals surface area contributed by atoms with Crippen molar-refractivity contribution in [1.82, 2.24) is 0 Å². The van der Waals surface area contributed by atoms with E-state index in [9.17, 15) is 4.79 Å². The van der Waals surface area contributed by atoms with Gasteiger partial charge in [-0.3, -0.25) is 0 Å². The van der Waals surface area contributed by atoms with Crippen LogP contribution in [0.2, 0.25) is 18.6 Å². The van der Waals surface area contributed by atoms with Gasteiger partial charge < -0.3 is 36.3 Å². The van der Waals surface area contributed by atoms with Gasteiger partial charge in [0.25, 0.3) is 0 Å². The Balaban J connectivity index is 0.000000633. The third-order valence-electron chi connectivity index (χ3n) is 4.79. The Morgan fingerprint density at radius 1 is 0.970 bits per heavy atom. The molecule has 11 heteroatoms. The van der Waals surface area contributed by atoms with E-state index in [0.717, 1.165) is 31.5 Å². The first-order valence-electron chi connectivity index (χ1n) is 11.8. The summed E-state index contributed by atoms with van der Waals surface area (Å²) in [7, 11) is -1.18. The molecular formula is C22H46O9Si2. The van der Waals surface area contributed by atoms with E-state index in [1.807, 2.05) is 27.3 Å². The van der Waals surface area contributed by atoms with Crippen molar-refractivity contribution in [1.29, 1.82) is 0 Å². The number of carbonyl (C=O) groups is 1. The second kappa shape index (κ2) is 18.7. The molecule has 1 rings (SSSR count). The van der Waals surface area contributed by atoms with Crippen molar-refractivity contribution in [2.24, 2.45) is 0 Å². The Hall–Kier alpha value is -0.636. The Kier molecular flexibility index (Phi) is 18.3. The van der Waals surface area contributed by atoms with Gasteiger partial charge in [0.15, 0.2) is 0 Å². The topological polar surface area (TPSA) is 94.2 Å². The quantitative estimate of drug-likeness (QED) is 0.0847. The molecular weight excluding hydrogens is 464 g/mol. The molecule has 1 fully saturated rings. The van der Waals surface area contributed by atoms with Crippen molar-refractivity contribution >= 4 is 23.3 Å². The maximum atomic E-state index is 11.0. The Labute approximate surface area is 202 Å². The Morgan fingerprint density at radius 2 is 1.48 bits per heavy atom. The SMILES string of the molecule is C=C(C)C(=O)OCCC[Si](C)(OC)OC.CCO[Si](CCCOCC1CO1)(OCC)OCC. The van der Waals surface area contributed by atoms with Gasteiger partial charge >= 0.3 is 23.3 Å². The van der Waals surface area contributed by atoms with E-state index >= 15 is 0 Å². The summed E-state index contributed by atoms with van der Waals surface area (Å²) in [5, 5.41) is 0. The lowest BCUT2D eigenvalue weighted by Gasteiger charge is -2.28. The number of hydrogen-bond donors (Lipinski definition) is 0. The zero-order valence-electron chi connectivity index (χ0n) is 21.7. The van der Waals surface area contributed by atoms with Crippen LogP contribution >= 0.6 is 0 Å². The number of hydrogen-bond acceptors (Lipinski definition) is 9. The van der Waals surface area contributed by atoms with Crippen LogP contribution in [0.3, 0.4) is 0 Å². The van der Waals surface area contributed by atoms with Crippen molar-refractivity contribution in [2.75, 3.05) is 60.5 Å². The van der Waals surface area contributed by atoms with E-state index < -0.39 is 17.4 Å². The minimum atomic E-state index is -2.47. The predicted molar refractivity (Wildman–Crippen MR) is 131 cm³/mol. The molecule has 1 aliphatic heterocycles. The molecule has 0 bridgehead atoms. The van der Waals surface area contributed by atoms with Gasteiger partial charge in [0.2, 0.25) is 0 Å². The Bertz CT molecular complexity index is 509. The molecule has 0 N–H and O–H groups in total. The van der Waals surface area contributed by atoms with Crippen molar-refractivity contribution in [3.63, 3.8) is 0 Å². The van der Waals surface area contributed by atoms with Crippen molar-refractivity contribution in [3.8, 4) is 0 Å². The van der Waals surface area contributed by atoms with Crippen molar-refractivity contribution < 1.29 is 41.1 Å². The van der Waals surface area contributed by atoms with Gasteiger partial charge in [-0.15, -0.1) is 0 Å². The molecule has 1 saturated heterocycles. The highest BCUT2D eigenvalue weighted by Crippen LogP contribution is 2.18.